The summed E-state index contributed by atoms with van der Waals surface area (Å²) in [7, 11) is 0. The molecule has 2 nitrogen and oxygen atoms in total. The van der Waals surface area contributed by atoms with Crippen LogP contribution in [0.25, 0.3) is 6.08 Å². The summed E-state index contributed by atoms with van der Waals surface area (Å²) < 4.78 is 0. The van der Waals surface area contributed by atoms with Gasteiger partial charge in [-0.3, -0.25) is 4.79 Å². The maximum atomic E-state index is 12.0. The number of benzene rings is 1. The van der Waals surface area contributed by atoms with E-state index < -0.39 is 0 Å². The third kappa shape index (κ3) is 2.99. The Balaban J connectivity index is 1.68. The van der Waals surface area contributed by atoms with Gasteiger partial charge in [0.15, 0.2) is 0 Å². The van der Waals surface area contributed by atoms with Crippen LogP contribution in [0.3, 0.4) is 0 Å². The van der Waals surface area contributed by atoms with E-state index in [0.717, 1.165) is 24.1 Å². The molecule has 1 aliphatic rings. The number of hydrogen-bond donors (Lipinski definition) is 1. The van der Waals surface area contributed by atoms with Gasteiger partial charge in [-0.1, -0.05) is 30.3 Å². The Hall–Kier alpha value is -1.87. The van der Waals surface area contributed by atoms with Crippen molar-refractivity contribution in [3.63, 3.8) is 0 Å². The smallest absolute Gasteiger partial charge is 0.244 e. The van der Waals surface area contributed by atoms with E-state index in [9.17, 15) is 4.79 Å². The second-order valence-corrected chi connectivity index (χ2v) is 5.98. The lowest BCUT2D eigenvalue weighted by Gasteiger charge is -2.25. The molecule has 102 valence electrons. The maximum absolute atomic E-state index is 12.0. The first-order valence-corrected chi connectivity index (χ1v) is 7.81. The molecular formula is C17H17NOS. The van der Waals surface area contributed by atoms with Crippen LogP contribution in [-0.2, 0) is 11.2 Å². The molecular weight excluding hydrogens is 266 g/mol. The SMILES string of the molecule is O=C(C=Cc1cccs1)NC1CCCc2ccccc21. The fourth-order valence-corrected chi connectivity index (χ4v) is 3.29. The molecule has 1 aromatic carbocycles. The van der Waals surface area contributed by atoms with Gasteiger partial charge in [-0.25, -0.2) is 0 Å². The van der Waals surface area contributed by atoms with Crippen molar-refractivity contribution >= 4 is 23.3 Å². The van der Waals surface area contributed by atoms with Gasteiger partial charge in [0.05, 0.1) is 6.04 Å². The van der Waals surface area contributed by atoms with E-state index in [0.29, 0.717) is 0 Å². The molecule has 1 heterocycles. The van der Waals surface area contributed by atoms with Crippen molar-refractivity contribution in [2.45, 2.75) is 25.3 Å². The number of nitrogens with one attached hydrogen (secondary N) is 1. The van der Waals surface area contributed by atoms with Gasteiger partial charge in [0, 0.05) is 11.0 Å². The van der Waals surface area contributed by atoms with Crippen molar-refractivity contribution in [2.75, 3.05) is 0 Å². The molecule has 20 heavy (non-hydrogen) atoms. The zero-order chi connectivity index (χ0) is 13.8. The molecule has 3 heteroatoms. The molecule has 0 aliphatic heterocycles. The molecule has 0 spiro atoms. The Morgan fingerprint density at radius 1 is 1.25 bits per heavy atom. The summed E-state index contributed by atoms with van der Waals surface area (Å²) in [6.45, 7) is 0. The number of carbonyl (C=O) groups excluding carboxylic acids is 1. The van der Waals surface area contributed by atoms with E-state index >= 15 is 0 Å². The average Bonchev–Trinajstić information content (AvgIpc) is 2.99. The maximum Gasteiger partial charge on any atom is 0.244 e. The number of amides is 1. The van der Waals surface area contributed by atoms with Gasteiger partial charge in [0.2, 0.25) is 5.91 Å². The van der Waals surface area contributed by atoms with E-state index in [2.05, 4.69) is 23.5 Å². The minimum absolute atomic E-state index is 0.0138. The molecule has 3 rings (SSSR count). The molecule has 1 N–H and O–H groups in total. The number of carbonyl (C=O) groups is 1. The first-order valence-electron chi connectivity index (χ1n) is 6.93. The quantitative estimate of drug-likeness (QED) is 0.849. The highest BCUT2D eigenvalue weighted by molar-refractivity contribution is 7.10. The third-order valence-corrected chi connectivity index (χ3v) is 4.47. The molecule has 2 aromatic rings. The summed E-state index contributed by atoms with van der Waals surface area (Å²) in [5.41, 5.74) is 2.64. The van der Waals surface area contributed by atoms with Crippen LogP contribution < -0.4 is 5.32 Å². The molecule has 0 radical (unpaired) electrons. The second kappa shape index (κ2) is 6.06. The fraction of sp³-hybridized carbons (Fsp3) is 0.235. The average molecular weight is 283 g/mol. The molecule has 1 aromatic heterocycles. The minimum atomic E-state index is -0.0138. The number of fused-ring (bicyclic) bond motifs is 1. The van der Waals surface area contributed by atoms with Gasteiger partial charge in [0.1, 0.15) is 0 Å². The van der Waals surface area contributed by atoms with Gasteiger partial charge < -0.3 is 5.32 Å². The monoisotopic (exact) mass is 283 g/mol. The van der Waals surface area contributed by atoms with Crippen LogP contribution in [0.1, 0.15) is 34.9 Å². The molecule has 1 atom stereocenters. The molecule has 0 saturated heterocycles. The van der Waals surface area contributed by atoms with Crippen molar-refractivity contribution < 1.29 is 4.79 Å². The van der Waals surface area contributed by atoms with Gasteiger partial charge in [-0.05, 0) is 47.9 Å². The second-order valence-electron chi connectivity index (χ2n) is 5.00. The summed E-state index contributed by atoms with van der Waals surface area (Å²) in [6.07, 6.45) is 6.78. The Bertz CT molecular complexity index is 616. The number of thiophene rings is 1. The zero-order valence-electron chi connectivity index (χ0n) is 11.2. The fourth-order valence-electron chi connectivity index (χ4n) is 2.67. The topological polar surface area (TPSA) is 29.1 Å². The lowest BCUT2D eigenvalue weighted by atomic mass is 9.88. The Kier molecular flexibility index (Phi) is 3.97. The van der Waals surface area contributed by atoms with Crippen LogP contribution in [0.5, 0.6) is 0 Å². The van der Waals surface area contributed by atoms with Crippen LogP contribution in [0.15, 0.2) is 47.9 Å². The van der Waals surface area contributed by atoms with E-state index in [4.69, 9.17) is 0 Å². The third-order valence-electron chi connectivity index (χ3n) is 3.63. The predicted molar refractivity (Wildman–Crippen MR) is 83.6 cm³/mol. The van der Waals surface area contributed by atoms with Crippen LogP contribution in [0, 0.1) is 0 Å². The van der Waals surface area contributed by atoms with Gasteiger partial charge in [-0.2, -0.15) is 0 Å². The van der Waals surface area contributed by atoms with Gasteiger partial charge in [-0.15, -0.1) is 11.3 Å². The van der Waals surface area contributed by atoms with E-state index in [1.165, 1.54) is 11.1 Å². The van der Waals surface area contributed by atoms with Crippen molar-refractivity contribution in [1.82, 2.24) is 5.32 Å². The van der Waals surface area contributed by atoms with Gasteiger partial charge in [0.25, 0.3) is 0 Å². The lowest BCUT2D eigenvalue weighted by Crippen LogP contribution is -2.29. The van der Waals surface area contributed by atoms with E-state index in [1.807, 2.05) is 29.7 Å². The predicted octanol–water partition coefficient (Wildman–Crippen LogP) is 3.96. The molecule has 0 fully saturated rings. The van der Waals surface area contributed by atoms with Gasteiger partial charge >= 0.3 is 0 Å². The minimum Gasteiger partial charge on any atom is -0.346 e. The van der Waals surface area contributed by atoms with E-state index in [-0.39, 0.29) is 11.9 Å². The van der Waals surface area contributed by atoms with Crippen LogP contribution in [0.4, 0.5) is 0 Å². The zero-order valence-corrected chi connectivity index (χ0v) is 12.0. The number of rotatable bonds is 3. The summed E-state index contributed by atoms with van der Waals surface area (Å²) in [4.78, 5) is 13.1. The van der Waals surface area contributed by atoms with Crippen molar-refractivity contribution in [3.8, 4) is 0 Å². The Morgan fingerprint density at radius 3 is 3.00 bits per heavy atom. The summed E-state index contributed by atoms with van der Waals surface area (Å²) in [6, 6.07) is 12.5. The number of hydrogen-bond acceptors (Lipinski definition) is 2. The normalized spacial score (nSPS) is 17.9. The Labute approximate surface area is 123 Å². The van der Waals surface area contributed by atoms with Crippen LogP contribution in [0.2, 0.25) is 0 Å². The molecule has 1 amide bonds. The Morgan fingerprint density at radius 2 is 2.15 bits per heavy atom. The highest BCUT2D eigenvalue weighted by Crippen LogP contribution is 2.29. The highest BCUT2D eigenvalue weighted by Gasteiger charge is 2.20. The molecule has 0 saturated carbocycles. The number of aryl methyl sites for hydroxylation is 1. The van der Waals surface area contributed by atoms with Crippen molar-refractivity contribution in [1.29, 1.82) is 0 Å². The first-order chi connectivity index (χ1) is 9.83. The highest BCUT2D eigenvalue weighted by atomic mass is 32.1. The molecule has 0 bridgehead atoms. The summed E-state index contributed by atoms with van der Waals surface area (Å²) in [5.74, 6) is -0.0138. The first kappa shape index (κ1) is 13.1. The largest absolute Gasteiger partial charge is 0.346 e. The summed E-state index contributed by atoms with van der Waals surface area (Å²) >= 11 is 1.63. The van der Waals surface area contributed by atoms with E-state index in [1.54, 1.807) is 17.4 Å². The lowest BCUT2D eigenvalue weighted by molar-refractivity contribution is -0.117. The molecule has 1 aliphatic carbocycles. The summed E-state index contributed by atoms with van der Waals surface area (Å²) in [5, 5.41) is 5.13. The standard InChI is InChI=1S/C17H17NOS/c19-17(11-10-14-7-4-12-20-14)18-16-9-3-6-13-5-1-2-8-15(13)16/h1-2,4-5,7-8,10-12,16H,3,6,9H2,(H,18,19). The molecule has 1 unspecified atom stereocenters. The van der Waals surface area contributed by atoms with Crippen LogP contribution in [-0.4, -0.2) is 5.91 Å². The van der Waals surface area contributed by atoms with Crippen LogP contribution >= 0.6 is 11.3 Å². The van der Waals surface area contributed by atoms with Crippen molar-refractivity contribution in [3.05, 3.63) is 63.9 Å². The van der Waals surface area contributed by atoms with Crippen molar-refractivity contribution in [2.24, 2.45) is 0 Å².